The molecule has 1 saturated carbocycles. The van der Waals surface area contributed by atoms with Crippen molar-refractivity contribution in [3.05, 3.63) is 24.0 Å². The Morgan fingerprint density at radius 2 is 2.13 bits per heavy atom. The normalized spacial score (nSPS) is 26.7. The lowest BCUT2D eigenvalue weighted by Gasteiger charge is -2.26. The van der Waals surface area contributed by atoms with Gasteiger partial charge in [-0.3, -0.25) is 0 Å². The summed E-state index contributed by atoms with van der Waals surface area (Å²) >= 11 is 0. The minimum atomic E-state index is 0.917. The Labute approximate surface area is 92.5 Å². The van der Waals surface area contributed by atoms with Crippen LogP contribution in [-0.2, 0) is 6.54 Å². The van der Waals surface area contributed by atoms with E-state index in [2.05, 4.69) is 29.5 Å². The lowest BCUT2D eigenvalue weighted by molar-refractivity contribution is 0.281. The van der Waals surface area contributed by atoms with Gasteiger partial charge in [-0.15, -0.1) is 0 Å². The molecule has 2 heteroatoms. The molecule has 0 bridgehead atoms. The first-order valence-electron chi connectivity index (χ1n) is 6.17. The second kappa shape index (κ2) is 5.36. The van der Waals surface area contributed by atoms with Gasteiger partial charge in [-0.1, -0.05) is 19.8 Å². The first-order chi connectivity index (χ1) is 7.34. The van der Waals surface area contributed by atoms with Crippen molar-refractivity contribution < 1.29 is 0 Å². The maximum absolute atomic E-state index is 3.55. The summed E-state index contributed by atoms with van der Waals surface area (Å²) in [6.07, 6.45) is 9.74. The van der Waals surface area contributed by atoms with Crippen LogP contribution in [0, 0.1) is 11.8 Å². The summed E-state index contributed by atoms with van der Waals surface area (Å²) in [5.41, 5.74) is 1.36. The molecule has 2 rings (SSSR count). The third kappa shape index (κ3) is 3.38. The number of nitrogens with one attached hydrogen (secondary N) is 2. The predicted molar refractivity (Wildman–Crippen MR) is 63.6 cm³/mol. The molecule has 1 aromatic rings. The molecule has 1 aliphatic carbocycles. The second-order valence-electron chi connectivity index (χ2n) is 4.98. The highest BCUT2D eigenvalue weighted by molar-refractivity contribution is 5.07. The summed E-state index contributed by atoms with van der Waals surface area (Å²) in [4.78, 5) is 3.08. The third-order valence-corrected chi connectivity index (χ3v) is 3.56. The number of aromatic amines is 1. The molecule has 2 N–H and O–H groups in total. The van der Waals surface area contributed by atoms with E-state index in [1.807, 2.05) is 6.20 Å². The van der Waals surface area contributed by atoms with Crippen LogP contribution in [0.1, 0.15) is 38.2 Å². The molecule has 84 valence electrons. The molecule has 1 aromatic heterocycles. The van der Waals surface area contributed by atoms with Crippen molar-refractivity contribution in [2.75, 3.05) is 6.54 Å². The van der Waals surface area contributed by atoms with E-state index in [4.69, 9.17) is 0 Å². The van der Waals surface area contributed by atoms with Crippen LogP contribution in [0.4, 0.5) is 0 Å². The monoisotopic (exact) mass is 206 g/mol. The maximum atomic E-state index is 3.55. The first kappa shape index (κ1) is 10.7. The number of aromatic nitrogens is 1. The van der Waals surface area contributed by atoms with E-state index >= 15 is 0 Å². The van der Waals surface area contributed by atoms with Gasteiger partial charge in [0.05, 0.1) is 0 Å². The highest BCUT2D eigenvalue weighted by Crippen LogP contribution is 2.27. The van der Waals surface area contributed by atoms with Crippen LogP contribution in [0.25, 0.3) is 0 Å². The van der Waals surface area contributed by atoms with Gasteiger partial charge in [-0.25, -0.2) is 0 Å². The molecule has 0 amide bonds. The topological polar surface area (TPSA) is 27.8 Å². The molecule has 0 unspecified atom stereocenters. The third-order valence-electron chi connectivity index (χ3n) is 3.56. The van der Waals surface area contributed by atoms with Crippen LogP contribution in [0.2, 0.25) is 0 Å². The quantitative estimate of drug-likeness (QED) is 0.779. The van der Waals surface area contributed by atoms with Crippen LogP contribution < -0.4 is 5.32 Å². The van der Waals surface area contributed by atoms with Crippen LogP contribution in [-0.4, -0.2) is 11.5 Å². The highest BCUT2D eigenvalue weighted by atomic mass is 14.9. The molecular weight excluding hydrogens is 184 g/mol. The molecule has 0 spiro atoms. The van der Waals surface area contributed by atoms with Crippen molar-refractivity contribution >= 4 is 0 Å². The Bertz CT molecular complexity index is 258. The molecule has 1 fully saturated rings. The fourth-order valence-electron chi connectivity index (χ4n) is 2.42. The largest absolute Gasteiger partial charge is 0.367 e. The standard InChI is InChI=1S/C13H22N2/c1-11-2-4-12(5-3-11)8-15-10-13-6-7-14-9-13/h6-7,9,11-12,14-15H,2-5,8,10H2,1H3. The Morgan fingerprint density at radius 3 is 2.80 bits per heavy atom. The fraction of sp³-hybridized carbons (Fsp3) is 0.692. The van der Waals surface area contributed by atoms with Crippen molar-refractivity contribution in [1.29, 1.82) is 0 Å². The summed E-state index contributed by atoms with van der Waals surface area (Å²) < 4.78 is 0. The van der Waals surface area contributed by atoms with E-state index in [1.165, 1.54) is 37.8 Å². The number of hydrogen-bond donors (Lipinski definition) is 2. The number of rotatable bonds is 4. The molecule has 0 atom stereocenters. The van der Waals surface area contributed by atoms with Crippen LogP contribution in [0.3, 0.4) is 0 Å². The zero-order valence-electron chi connectivity index (χ0n) is 9.63. The van der Waals surface area contributed by atoms with Gasteiger partial charge in [-0.2, -0.15) is 0 Å². The van der Waals surface area contributed by atoms with E-state index in [1.54, 1.807) is 0 Å². The summed E-state index contributed by atoms with van der Waals surface area (Å²) in [5.74, 6) is 1.88. The van der Waals surface area contributed by atoms with Gasteiger partial charge in [0.15, 0.2) is 0 Å². The average Bonchev–Trinajstić information content (AvgIpc) is 2.74. The zero-order chi connectivity index (χ0) is 10.5. The first-order valence-corrected chi connectivity index (χ1v) is 6.17. The zero-order valence-corrected chi connectivity index (χ0v) is 9.63. The van der Waals surface area contributed by atoms with E-state index in [9.17, 15) is 0 Å². The average molecular weight is 206 g/mol. The lowest BCUT2D eigenvalue weighted by atomic mass is 9.83. The van der Waals surface area contributed by atoms with Gasteiger partial charge in [0, 0.05) is 18.9 Å². The molecule has 2 nitrogen and oxygen atoms in total. The Kier molecular flexibility index (Phi) is 3.84. The van der Waals surface area contributed by atoms with E-state index < -0.39 is 0 Å². The van der Waals surface area contributed by atoms with Crippen LogP contribution in [0.15, 0.2) is 18.5 Å². The molecule has 0 saturated heterocycles. The van der Waals surface area contributed by atoms with Gasteiger partial charge in [-0.05, 0) is 42.9 Å². The smallest absolute Gasteiger partial charge is 0.0220 e. The molecular formula is C13H22N2. The van der Waals surface area contributed by atoms with Crippen LogP contribution in [0.5, 0.6) is 0 Å². The lowest BCUT2D eigenvalue weighted by Crippen LogP contribution is -2.25. The molecule has 0 radical (unpaired) electrons. The Hall–Kier alpha value is -0.760. The minimum Gasteiger partial charge on any atom is -0.367 e. The summed E-state index contributed by atoms with van der Waals surface area (Å²) in [7, 11) is 0. The minimum absolute atomic E-state index is 0.917. The van der Waals surface area contributed by atoms with Crippen molar-refractivity contribution in [3.63, 3.8) is 0 Å². The van der Waals surface area contributed by atoms with Gasteiger partial charge in [0.1, 0.15) is 0 Å². The van der Waals surface area contributed by atoms with Gasteiger partial charge in [0.2, 0.25) is 0 Å². The second-order valence-corrected chi connectivity index (χ2v) is 4.98. The number of H-pyrrole nitrogens is 1. The van der Waals surface area contributed by atoms with E-state index in [0.29, 0.717) is 0 Å². The summed E-state index contributed by atoms with van der Waals surface area (Å²) in [6.45, 7) is 4.58. The van der Waals surface area contributed by atoms with Gasteiger partial charge in [0.25, 0.3) is 0 Å². The Balaban J connectivity index is 1.62. The molecule has 0 aromatic carbocycles. The van der Waals surface area contributed by atoms with Crippen molar-refractivity contribution in [3.8, 4) is 0 Å². The van der Waals surface area contributed by atoms with E-state index in [0.717, 1.165) is 18.4 Å². The Morgan fingerprint density at radius 1 is 1.33 bits per heavy atom. The SMILES string of the molecule is CC1CCC(CNCc2cc[nH]c2)CC1. The van der Waals surface area contributed by atoms with Crippen LogP contribution >= 0.6 is 0 Å². The van der Waals surface area contributed by atoms with E-state index in [-0.39, 0.29) is 0 Å². The molecule has 0 aliphatic heterocycles. The van der Waals surface area contributed by atoms with Crippen molar-refractivity contribution in [2.45, 2.75) is 39.2 Å². The molecule has 1 heterocycles. The highest BCUT2D eigenvalue weighted by Gasteiger charge is 2.17. The fourth-order valence-corrected chi connectivity index (χ4v) is 2.42. The number of hydrogen-bond acceptors (Lipinski definition) is 1. The predicted octanol–water partition coefficient (Wildman–Crippen LogP) is 2.93. The van der Waals surface area contributed by atoms with Gasteiger partial charge >= 0.3 is 0 Å². The molecule has 15 heavy (non-hydrogen) atoms. The summed E-state index contributed by atoms with van der Waals surface area (Å²) in [5, 5.41) is 3.55. The van der Waals surface area contributed by atoms with Crippen molar-refractivity contribution in [1.82, 2.24) is 10.3 Å². The summed E-state index contributed by atoms with van der Waals surface area (Å²) in [6, 6.07) is 2.13. The van der Waals surface area contributed by atoms with Gasteiger partial charge < -0.3 is 10.3 Å². The van der Waals surface area contributed by atoms with Crippen molar-refractivity contribution in [2.24, 2.45) is 11.8 Å². The maximum Gasteiger partial charge on any atom is 0.0220 e. The molecule has 1 aliphatic rings.